The van der Waals surface area contributed by atoms with Crippen LogP contribution in [0.3, 0.4) is 0 Å². The molecule has 3 N–H and O–H groups in total. The maximum Gasteiger partial charge on any atom is 0.241 e. The van der Waals surface area contributed by atoms with Crippen LogP contribution in [0.4, 0.5) is 0 Å². The molecule has 0 aliphatic carbocycles. The molecule has 1 aromatic rings. The highest BCUT2D eigenvalue weighted by molar-refractivity contribution is 5.83. The number of carbonyl (C=O) groups excluding carboxylic acids is 2. The second-order valence-corrected chi connectivity index (χ2v) is 6.15. The van der Waals surface area contributed by atoms with Gasteiger partial charge < -0.3 is 16.0 Å². The van der Waals surface area contributed by atoms with Gasteiger partial charge in [0, 0.05) is 25.0 Å². The zero-order valence-electron chi connectivity index (χ0n) is 13.3. The van der Waals surface area contributed by atoms with E-state index in [0.717, 1.165) is 18.4 Å². The van der Waals surface area contributed by atoms with E-state index in [1.807, 2.05) is 49.1 Å². The zero-order valence-corrected chi connectivity index (χ0v) is 13.3. The fourth-order valence-corrected chi connectivity index (χ4v) is 2.71. The van der Waals surface area contributed by atoms with Crippen LogP contribution in [-0.4, -0.2) is 35.8 Å². The Bertz CT molecular complexity index is 508. The summed E-state index contributed by atoms with van der Waals surface area (Å²) in [6.07, 6.45) is 1.57. The molecule has 1 fully saturated rings. The van der Waals surface area contributed by atoms with Crippen molar-refractivity contribution in [3.8, 4) is 0 Å². The number of amides is 2. The van der Waals surface area contributed by atoms with Gasteiger partial charge >= 0.3 is 0 Å². The van der Waals surface area contributed by atoms with Crippen molar-refractivity contribution in [1.29, 1.82) is 0 Å². The van der Waals surface area contributed by atoms with Crippen LogP contribution in [0.2, 0.25) is 0 Å². The van der Waals surface area contributed by atoms with Crippen molar-refractivity contribution in [3.05, 3.63) is 35.9 Å². The van der Waals surface area contributed by atoms with Crippen LogP contribution in [0, 0.1) is 5.92 Å². The molecule has 1 saturated heterocycles. The number of carbonyl (C=O) groups is 2. The summed E-state index contributed by atoms with van der Waals surface area (Å²) in [5.74, 6) is 0.0586. The van der Waals surface area contributed by atoms with E-state index in [1.165, 1.54) is 0 Å². The quantitative estimate of drug-likeness (QED) is 0.884. The van der Waals surface area contributed by atoms with Crippen molar-refractivity contribution in [2.45, 2.75) is 38.8 Å². The van der Waals surface area contributed by atoms with Crippen molar-refractivity contribution < 1.29 is 9.59 Å². The van der Waals surface area contributed by atoms with Gasteiger partial charge in [0.2, 0.25) is 11.8 Å². The Hall–Kier alpha value is -1.88. The standard InChI is InChI=1S/C17H25N3O2/c1-12(2)17(22)20-10-8-14(9-11-20)19-16(21)15(18)13-6-4-3-5-7-13/h3-7,12,14-15H,8-11,18H2,1-2H3,(H,19,21). The second kappa shape index (κ2) is 7.40. The molecule has 1 aromatic carbocycles. The SMILES string of the molecule is CC(C)C(=O)N1CCC(NC(=O)C(N)c2ccccc2)CC1. The molecule has 0 spiro atoms. The predicted octanol–water partition coefficient (Wildman–Crippen LogP) is 1.45. The van der Waals surface area contributed by atoms with Crippen molar-refractivity contribution in [2.24, 2.45) is 11.7 Å². The van der Waals surface area contributed by atoms with Crippen LogP contribution in [0.5, 0.6) is 0 Å². The number of nitrogens with zero attached hydrogens (tertiary/aromatic N) is 1. The molecule has 1 atom stereocenters. The van der Waals surface area contributed by atoms with Gasteiger partial charge in [0.15, 0.2) is 0 Å². The molecule has 120 valence electrons. The van der Waals surface area contributed by atoms with Crippen molar-refractivity contribution in [1.82, 2.24) is 10.2 Å². The lowest BCUT2D eigenvalue weighted by Crippen LogP contribution is -2.49. The Morgan fingerprint density at radius 3 is 2.32 bits per heavy atom. The number of likely N-dealkylation sites (tertiary alicyclic amines) is 1. The Labute approximate surface area is 131 Å². The van der Waals surface area contributed by atoms with Crippen LogP contribution in [0.25, 0.3) is 0 Å². The van der Waals surface area contributed by atoms with Gasteiger partial charge in [-0.05, 0) is 18.4 Å². The van der Waals surface area contributed by atoms with Crippen LogP contribution in [-0.2, 0) is 9.59 Å². The first-order valence-electron chi connectivity index (χ1n) is 7.88. The summed E-state index contributed by atoms with van der Waals surface area (Å²) in [7, 11) is 0. The Morgan fingerprint density at radius 2 is 1.77 bits per heavy atom. The first-order chi connectivity index (χ1) is 10.5. The van der Waals surface area contributed by atoms with Gasteiger partial charge in [-0.2, -0.15) is 0 Å². The van der Waals surface area contributed by atoms with E-state index in [1.54, 1.807) is 0 Å². The van der Waals surface area contributed by atoms with Crippen molar-refractivity contribution in [2.75, 3.05) is 13.1 Å². The summed E-state index contributed by atoms with van der Waals surface area (Å²) in [6, 6.07) is 8.81. The predicted molar refractivity (Wildman–Crippen MR) is 86.0 cm³/mol. The highest BCUT2D eigenvalue weighted by Gasteiger charge is 2.26. The lowest BCUT2D eigenvalue weighted by molar-refractivity contribution is -0.135. The smallest absolute Gasteiger partial charge is 0.241 e. The Kier molecular flexibility index (Phi) is 5.55. The fraction of sp³-hybridized carbons (Fsp3) is 0.529. The van der Waals surface area contributed by atoms with Gasteiger partial charge in [-0.3, -0.25) is 9.59 Å². The molecule has 1 heterocycles. The lowest BCUT2D eigenvalue weighted by atomic mass is 10.0. The molecule has 0 saturated carbocycles. The molecule has 0 bridgehead atoms. The van der Waals surface area contributed by atoms with E-state index in [0.29, 0.717) is 13.1 Å². The van der Waals surface area contributed by atoms with E-state index in [9.17, 15) is 9.59 Å². The second-order valence-electron chi connectivity index (χ2n) is 6.15. The van der Waals surface area contributed by atoms with E-state index in [2.05, 4.69) is 5.32 Å². The molecular formula is C17H25N3O2. The molecule has 5 nitrogen and oxygen atoms in total. The summed E-state index contributed by atoms with van der Waals surface area (Å²) >= 11 is 0. The molecule has 0 aromatic heterocycles. The average Bonchev–Trinajstić information content (AvgIpc) is 2.54. The first kappa shape index (κ1) is 16.5. The highest BCUT2D eigenvalue weighted by atomic mass is 16.2. The molecular weight excluding hydrogens is 278 g/mol. The molecule has 22 heavy (non-hydrogen) atoms. The molecule has 2 rings (SSSR count). The summed E-state index contributed by atoms with van der Waals surface area (Å²) in [5, 5.41) is 3.00. The maximum atomic E-state index is 12.2. The van der Waals surface area contributed by atoms with Crippen molar-refractivity contribution in [3.63, 3.8) is 0 Å². The lowest BCUT2D eigenvalue weighted by Gasteiger charge is -2.33. The number of nitrogens with two attached hydrogens (primary N) is 1. The minimum Gasteiger partial charge on any atom is -0.352 e. The zero-order chi connectivity index (χ0) is 16.1. The normalized spacial score (nSPS) is 17.4. The number of rotatable bonds is 4. The maximum absolute atomic E-state index is 12.2. The van der Waals surface area contributed by atoms with Gasteiger partial charge in [0.1, 0.15) is 6.04 Å². The molecule has 2 amide bonds. The summed E-state index contributed by atoms with van der Waals surface area (Å²) in [4.78, 5) is 26.0. The summed E-state index contributed by atoms with van der Waals surface area (Å²) in [6.45, 7) is 5.22. The van der Waals surface area contributed by atoms with Crippen LogP contribution >= 0.6 is 0 Å². The average molecular weight is 303 g/mol. The Balaban J connectivity index is 1.83. The fourth-order valence-electron chi connectivity index (χ4n) is 2.71. The van der Waals surface area contributed by atoms with Crippen molar-refractivity contribution >= 4 is 11.8 Å². The van der Waals surface area contributed by atoms with Gasteiger partial charge in [-0.15, -0.1) is 0 Å². The Morgan fingerprint density at radius 1 is 1.18 bits per heavy atom. The van der Waals surface area contributed by atoms with Crippen LogP contribution < -0.4 is 11.1 Å². The highest BCUT2D eigenvalue weighted by Crippen LogP contribution is 2.15. The number of piperidine rings is 1. The number of nitrogens with one attached hydrogen (secondary N) is 1. The van der Waals surface area contributed by atoms with Gasteiger partial charge in [0.05, 0.1) is 0 Å². The van der Waals surface area contributed by atoms with E-state index in [-0.39, 0.29) is 23.8 Å². The minimum absolute atomic E-state index is 0.0256. The molecule has 0 radical (unpaired) electrons. The molecule has 1 aliphatic heterocycles. The number of hydrogen-bond donors (Lipinski definition) is 2. The monoisotopic (exact) mass is 303 g/mol. The van der Waals surface area contributed by atoms with E-state index >= 15 is 0 Å². The topological polar surface area (TPSA) is 75.4 Å². The summed E-state index contributed by atoms with van der Waals surface area (Å²) < 4.78 is 0. The summed E-state index contributed by atoms with van der Waals surface area (Å²) in [5.41, 5.74) is 6.81. The molecule has 1 aliphatic rings. The van der Waals surface area contributed by atoms with E-state index < -0.39 is 6.04 Å². The van der Waals surface area contributed by atoms with Crippen LogP contribution in [0.15, 0.2) is 30.3 Å². The third kappa shape index (κ3) is 4.07. The third-order valence-electron chi connectivity index (χ3n) is 4.09. The van der Waals surface area contributed by atoms with Gasteiger partial charge in [0.25, 0.3) is 0 Å². The minimum atomic E-state index is -0.642. The van der Waals surface area contributed by atoms with Gasteiger partial charge in [-0.1, -0.05) is 44.2 Å². The molecule has 1 unspecified atom stereocenters. The molecule has 5 heteroatoms. The van der Waals surface area contributed by atoms with E-state index in [4.69, 9.17) is 5.73 Å². The number of hydrogen-bond acceptors (Lipinski definition) is 3. The van der Waals surface area contributed by atoms with Crippen LogP contribution in [0.1, 0.15) is 38.3 Å². The number of benzene rings is 1. The first-order valence-corrected chi connectivity index (χ1v) is 7.88. The third-order valence-corrected chi connectivity index (χ3v) is 4.09. The van der Waals surface area contributed by atoms with Gasteiger partial charge in [-0.25, -0.2) is 0 Å². The largest absolute Gasteiger partial charge is 0.352 e.